The fourth-order valence-corrected chi connectivity index (χ4v) is 2.96. The van der Waals surface area contributed by atoms with Crippen molar-refractivity contribution in [3.05, 3.63) is 21.4 Å². The fraction of sp³-hybridized carbons (Fsp3) is 0.733. The smallest absolute Gasteiger partial charge is 0.0727 e. The Morgan fingerprint density at radius 1 is 1.44 bits per heavy atom. The third kappa shape index (κ3) is 4.71. The fourth-order valence-electron chi connectivity index (χ4n) is 1.96. The van der Waals surface area contributed by atoms with Crippen LogP contribution in [0.5, 0.6) is 0 Å². The van der Waals surface area contributed by atoms with Gasteiger partial charge in [0.1, 0.15) is 0 Å². The van der Waals surface area contributed by atoms with Crippen LogP contribution < -0.4 is 5.32 Å². The van der Waals surface area contributed by atoms with E-state index in [2.05, 4.69) is 32.2 Å². The Balaban J connectivity index is 1.72. The predicted octanol–water partition coefficient (Wildman–Crippen LogP) is 3.87. The van der Waals surface area contributed by atoms with Crippen LogP contribution in [0.1, 0.15) is 48.4 Å². The van der Waals surface area contributed by atoms with Crippen LogP contribution in [0.4, 0.5) is 0 Å². The molecule has 0 radical (unpaired) electrons. The summed E-state index contributed by atoms with van der Waals surface area (Å²) in [5, 5.41) is 3.46. The topological polar surface area (TPSA) is 21.3 Å². The zero-order valence-electron chi connectivity index (χ0n) is 11.8. The van der Waals surface area contributed by atoms with Gasteiger partial charge in [0.25, 0.3) is 0 Å². The lowest BCUT2D eigenvalue weighted by Gasteiger charge is -2.05. The molecule has 0 bridgehead atoms. The summed E-state index contributed by atoms with van der Waals surface area (Å²) in [5.41, 5.74) is 1.37. The molecule has 1 aliphatic rings. The van der Waals surface area contributed by atoms with Gasteiger partial charge >= 0.3 is 0 Å². The van der Waals surface area contributed by atoms with Crippen LogP contribution in [-0.2, 0) is 17.9 Å². The van der Waals surface area contributed by atoms with Crippen molar-refractivity contribution in [3.63, 3.8) is 0 Å². The molecule has 0 saturated heterocycles. The van der Waals surface area contributed by atoms with Crippen LogP contribution in [-0.4, -0.2) is 12.6 Å². The maximum absolute atomic E-state index is 5.78. The molecule has 1 aromatic rings. The Morgan fingerprint density at radius 2 is 2.22 bits per heavy atom. The highest BCUT2D eigenvalue weighted by Gasteiger charge is 2.20. The molecule has 0 spiro atoms. The Hall–Kier alpha value is -0.380. The van der Waals surface area contributed by atoms with Crippen LogP contribution in [0.3, 0.4) is 0 Å². The Bertz CT molecular complexity index is 369. The molecular formula is C15H25NOS. The quantitative estimate of drug-likeness (QED) is 0.722. The van der Waals surface area contributed by atoms with Crippen LogP contribution in [0, 0.1) is 12.8 Å². The summed E-state index contributed by atoms with van der Waals surface area (Å²) in [6, 6.07) is 2.85. The molecule has 0 amide bonds. The second-order valence-corrected chi connectivity index (χ2v) is 6.96. The first-order chi connectivity index (χ1) is 8.65. The van der Waals surface area contributed by atoms with Crippen molar-refractivity contribution in [2.45, 2.75) is 59.2 Å². The van der Waals surface area contributed by atoms with E-state index in [0.29, 0.717) is 6.04 Å². The van der Waals surface area contributed by atoms with Gasteiger partial charge in [-0.05, 0) is 30.9 Å². The number of aryl methyl sites for hydroxylation is 1. The lowest BCUT2D eigenvalue weighted by Crippen LogP contribution is -2.21. The van der Waals surface area contributed by atoms with Crippen molar-refractivity contribution in [3.8, 4) is 0 Å². The summed E-state index contributed by atoms with van der Waals surface area (Å²) in [5.74, 6) is 0.972. The highest BCUT2D eigenvalue weighted by Crippen LogP contribution is 2.32. The van der Waals surface area contributed by atoms with Gasteiger partial charge in [0.05, 0.1) is 6.61 Å². The van der Waals surface area contributed by atoms with E-state index in [9.17, 15) is 0 Å². The summed E-state index contributed by atoms with van der Waals surface area (Å²) < 4.78 is 5.78. The molecule has 1 aromatic heterocycles. The number of nitrogens with one attached hydrogen (secondary N) is 1. The molecule has 2 rings (SSSR count). The van der Waals surface area contributed by atoms with Crippen LogP contribution >= 0.6 is 11.3 Å². The third-order valence-electron chi connectivity index (χ3n) is 3.38. The monoisotopic (exact) mass is 267 g/mol. The van der Waals surface area contributed by atoms with Gasteiger partial charge in [-0.1, -0.05) is 26.7 Å². The maximum atomic E-state index is 5.78. The highest BCUT2D eigenvalue weighted by molar-refractivity contribution is 7.12. The molecule has 1 saturated carbocycles. The molecule has 3 heteroatoms. The first-order valence-electron chi connectivity index (χ1n) is 7.04. The summed E-state index contributed by atoms with van der Waals surface area (Å²) in [7, 11) is 0. The minimum atomic E-state index is 0.547. The molecule has 0 atom stereocenters. The highest BCUT2D eigenvalue weighted by atomic mass is 32.1. The van der Waals surface area contributed by atoms with E-state index in [1.54, 1.807) is 0 Å². The van der Waals surface area contributed by atoms with Crippen molar-refractivity contribution in [1.29, 1.82) is 0 Å². The van der Waals surface area contributed by atoms with Crippen molar-refractivity contribution in [2.75, 3.05) is 6.61 Å². The lowest BCUT2D eigenvalue weighted by atomic mass is 10.2. The van der Waals surface area contributed by atoms with Crippen LogP contribution in [0.25, 0.3) is 0 Å². The first-order valence-corrected chi connectivity index (χ1v) is 7.86. The molecule has 0 unspecified atom stereocenters. The largest absolute Gasteiger partial charge is 0.377 e. The van der Waals surface area contributed by atoms with E-state index < -0.39 is 0 Å². The van der Waals surface area contributed by atoms with E-state index in [4.69, 9.17) is 4.74 Å². The molecule has 0 aliphatic heterocycles. The van der Waals surface area contributed by atoms with Crippen molar-refractivity contribution in [1.82, 2.24) is 5.32 Å². The van der Waals surface area contributed by atoms with Crippen molar-refractivity contribution >= 4 is 11.3 Å². The number of ether oxygens (including phenoxy) is 1. The van der Waals surface area contributed by atoms with Gasteiger partial charge in [-0.2, -0.15) is 0 Å². The minimum Gasteiger partial charge on any atom is -0.377 e. The van der Waals surface area contributed by atoms with Gasteiger partial charge < -0.3 is 10.1 Å². The SMILES string of the molecule is Cc1sc(CNC(C)C)cc1COCCC1CC1. The summed E-state index contributed by atoms with van der Waals surface area (Å²) in [6.45, 7) is 9.26. The Labute approximate surface area is 115 Å². The molecule has 0 aromatic carbocycles. The van der Waals surface area contributed by atoms with E-state index in [0.717, 1.165) is 25.7 Å². The molecule has 1 N–H and O–H groups in total. The molecule has 2 nitrogen and oxygen atoms in total. The first kappa shape index (κ1) is 14.0. The van der Waals surface area contributed by atoms with Gasteiger partial charge in [-0.3, -0.25) is 0 Å². The van der Waals surface area contributed by atoms with E-state index in [-0.39, 0.29) is 0 Å². The molecule has 1 heterocycles. The van der Waals surface area contributed by atoms with Gasteiger partial charge in [0, 0.05) is 28.9 Å². The third-order valence-corrected chi connectivity index (χ3v) is 4.47. The second kappa shape index (κ2) is 6.69. The maximum Gasteiger partial charge on any atom is 0.0727 e. The Kier molecular flexibility index (Phi) is 5.22. The zero-order chi connectivity index (χ0) is 13.0. The average Bonchev–Trinajstić information content (AvgIpc) is 3.07. The average molecular weight is 267 g/mol. The minimum absolute atomic E-state index is 0.547. The van der Waals surface area contributed by atoms with Gasteiger partial charge in [0.2, 0.25) is 0 Å². The summed E-state index contributed by atoms with van der Waals surface area (Å²) in [4.78, 5) is 2.82. The summed E-state index contributed by atoms with van der Waals surface area (Å²) in [6.07, 6.45) is 4.10. The zero-order valence-corrected chi connectivity index (χ0v) is 12.6. The number of thiophene rings is 1. The number of hydrogen-bond acceptors (Lipinski definition) is 3. The lowest BCUT2D eigenvalue weighted by molar-refractivity contribution is 0.115. The second-order valence-electron chi connectivity index (χ2n) is 5.61. The Morgan fingerprint density at radius 3 is 2.89 bits per heavy atom. The van der Waals surface area contributed by atoms with E-state index in [1.807, 2.05) is 11.3 Å². The molecular weight excluding hydrogens is 242 g/mol. The van der Waals surface area contributed by atoms with Crippen LogP contribution in [0.2, 0.25) is 0 Å². The summed E-state index contributed by atoms with van der Waals surface area (Å²) >= 11 is 1.89. The number of hydrogen-bond donors (Lipinski definition) is 1. The standard InChI is InChI=1S/C15H25NOS/c1-11(2)16-9-15-8-14(12(3)18-15)10-17-7-6-13-4-5-13/h8,11,13,16H,4-7,9-10H2,1-3H3. The van der Waals surface area contributed by atoms with Crippen LogP contribution in [0.15, 0.2) is 6.07 Å². The molecule has 1 aliphatic carbocycles. The predicted molar refractivity (Wildman–Crippen MR) is 78.0 cm³/mol. The van der Waals surface area contributed by atoms with Crippen molar-refractivity contribution in [2.24, 2.45) is 5.92 Å². The van der Waals surface area contributed by atoms with E-state index >= 15 is 0 Å². The molecule has 102 valence electrons. The number of rotatable bonds is 8. The van der Waals surface area contributed by atoms with Gasteiger partial charge in [-0.15, -0.1) is 11.3 Å². The van der Waals surface area contributed by atoms with Crippen molar-refractivity contribution < 1.29 is 4.74 Å². The van der Waals surface area contributed by atoms with Gasteiger partial charge in [0.15, 0.2) is 0 Å². The molecule has 18 heavy (non-hydrogen) atoms. The van der Waals surface area contributed by atoms with E-state index in [1.165, 1.54) is 34.6 Å². The van der Waals surface area contributed by atoms with Gasteiger partial charge in [-0.25, -0.2) is 0 Å². The molecule has 1 fully saturated rings. The normalized spacial score (nSPS) is 15.6.